The molecule has 10 aromatic rings. The Morgan fingerprint density at radius 2 is 1.08 bits per heavy atom. The summed E-state index contributed by atoms with van der Waals surface area (Å²) in [5.74, 6) is 1.65. The maximum absolute atomic E-state index is 4.64. The van der Waals surface area contributed by atoms with Gasteiger partial charge in [0.2, 0.25) is 0 Å². The Bertz CT molecular complexity index is 2710. The highest BCUT2D eigenvalue weighted by atomic mass is 15.2. The van der Waals surface area contributed by atoms with Gasteiger partial charge in [0.25, 0.3) is 0 Å². The van der Waals surface area contributed by atoms with Crippen molar-refractivity contribution >= 4 is 71.4 Å². The fourth-order valence-corrected chi connectivity index (χ4v) is 7.58. The number of rotatable bonds is 5. The average Bonchev–Trinajstić information content (AvgIpc) is 3.49. The van der Waals surface area contributed by atoms with Crippen molar-refractivity contribution in [1.29, 1.82) is 0 Å². The first-order valence-corrected chi connectivity index (χ1v) is 16.3. The van der Waals surface area contributed by atoms with Gasteiger partial charge in [0, 0.05) is 34.5 Å². The van der Waals surface area contributed by atoms with Gasteiger partial charge < -0.3 is 4.57 Å². The van der Waals surface area contributed by atoms with E-state index >= 15 is 0 Å². The predicted octanol–water partition coefficient (Wildman–Crippen LogP) is 11.6. The number of nitrogens with zero attached hydrogens (tertiary/aromatic N) is 4. The maximum atomic E-state index is 4.64. The Morgan fingerprint density at radius 1 is 0.438 bits per heavy atom. The van der Waals surface area contributed by atoms with Crippen molar-refractivity contribution in [2.24, 2.45) is 0 Å². The molecule has 0 spiro atoms. The van der Waals surface area contributed by atoms with Crippen LogP contribution >= 0.6 is 0 Å². The zero-order chi connectivity index (χ0) is 31.6. The first kappa shape index (κ1) is 26.7. The van der Waals surface area contributed by atoms with E-state index in [-0.39, 0.29) is 0 Å². The summed E-state index contributed by atoms with van der Waals surface area (Å²) in [4.78, 5) is 11.4. The first-order valence-electron chi connectivity index (χ1n) is 16.3. The van der Waals surface area contributed by atoms with E-state index in [0.717, 1.165) is 17.3 Å². The Hall–Kier alpha value is -6.52. The molecular formula is C44H28N4. The zero-order valence-corrected chi connectivity index (χ0v) is 26.0. The molecule has 0 bridgehead atoms. The van der Waals surface area contributed by atoms with Gasteiger partial charge in [-0.05, 0) is 104 Å². The highest BCUT2D eigenvalue weighted by Gasteiger charge is 2.20. The lowest BCUT2D eigenvalue weighted by Crippen LogP contribution is -2.12. The molecule has 0 aliphatic heterocycles. The second kappa shape index (κ2) is 10.5. The summed E-state index contributed by atoms with van der Waals surface area (Å²) in [6.45, 7) is 0. The van der Waals surface area contributed by atoms with Crippen LogP contribution in [0.2, 0.25) is 0 Å². The maximum Gasteiger partial charge on any atom is 0.138 e. The average molecular weight is 613 g/mol. The monoisotopic (exact) mass is 612 g/mol. The molecule has 0 amide bonds. The van der Waals surface area contributed by atoms with Gasteiger partial charge in [-0.15, -0.1) is 0 Å². The summed E-state index contributed by atoms with van der Waals surface area (Å²) in [5.41, 5.74) is 7.02. The molecule has 0 unspecified atom stereocenters. The molecule has 0 radical (unpaired) electrons. The second-order valence-corrected chi connectivity index (χ2v) is 12.3. The van der Waals surface area contributed by atoms with Crippen molar-refractivity contribution < 1.29 is 0 Å². The lowest BCUT2D eigenvalue weighted by molar-refractivity contribution is 1.13. The van der Waals surface area contributed by atoms with E-state index < -0.39 is 0 Å². The van der Waals surface area contributed by atoms with Crippen LogP contribution in [0.3, 0.4) is 0 Å². The topological polar surface area (TPSA) is 34.0 Å². The number of pyridine rings is 2. The lowest BCUT2D eigenvalue weighted by atomic mass is 9.88. The smallest absolute Gasteiger partial charge is 0.138 e. The molecule has 7 aromatic carbocycles. The Balaban J connectivity index is 1.17. The van der Waals surface area contributed by atoms with Gasteiger partial charge in [0.05, 0.1) is 11.0 Å². The third kappa shape index (κ3) is 3.96. The number of fused-ring (bicyclic) bond motifs is 4. The normalized spacial score (nSPS) is 11.8. The molecule has 0 saturated carbocycles. The minimum atomic E-state index is 0.826. The van der Waals surface area contributed by atoms with Crippen LogP contribution in [0.5, 0.6) is 0 Å². The minimum Gasteiger partial charge on any atom is -0.309 e. The van der Waals surface area contributed by atoms with Crippen molar-refractivity contribution in [3.63, 3.8) is 0 Å². The molecule has 0 aliphatic rings. The fraction of sp³-hybridized carbons (Fsp3) is 0. The van der Waals surface area contributed by atoms with Crippen LogP contribution in [0.15, 0.2) is 170 Å². The molecule has 4 heteroatoms. The number of aromatic nitrogens is 3. The van der Waals surface area contributed by atoms with Crippen molar-refractivity contribution in [2.45, 2.75) is 0 Å². The van der Waals surface area contributed by atoms with Gasteiger partial charge in [0.15, 0.2) is 0 Å². The highest BCUT2D eigenvalue weighted by Crippen LogP contribution is 2.45. The van der Waals surface area contributed by atoms with Crippen molar-refractivity contribution in [1.82, 2.24) is 14.5 Å². The molecule has 0 aliphatic carbocycles. The minimum absolute atomic E-state index is 0.826. The lowest BCUT2D eigenvalue weighted by Gasteiger charge is -2.23. The molecule has 0 N–H and O–H groups in total. The summed E-state index contributed by atoms with van der Waals surface area (Å²) >= 11 is 0. The van der Waals surface area contributed by atoms with E-state index in [9.17, 15) is 0 Å². The largest absolute Gasteiger partial charge is 0.309 e. The molecule has 3 aromatic heterocycles. The fourth-order valence-electron chi connectivity index (χ4n) is 7.58. The van der Waals surface area contributed by atoms with Gasteiger partial charge in [-0.1, -0.05) is 97.1 Å². The zero-order valence-electron chi connectivity index (χ0n) is 26.0. The van der Waals surface area contributed by atoms with Crippen LogP contribution in [0.4, 0.5) is 17.3 Å². The third-order valence-electron chi connectivity index (χ3n) is 9.63. The Kier molecular flexibility index (Phi) is 5.84. The van der Waals surface area contributed by atoms with E-state index in [2.05, 4.69) is 141 Å². The van der Waals surface area contributed by atoms with Crippen LogP contribution in [-0.2, 0) is 0 Å². The molecule has 0 atom stereocenters. The van der Waals surface area contributed by atoms with Crippen LogP contribution in [0.25, 0.3) is 70.9 Å². The van der Waals surface area contributed by atoms with Gasteiger partial charge in [0.1, 0.15) is 11.6 Å². The number of benzene rings is 7. The molecule has 3 heterocycles. The molecule has 0 saturated heterocycles. The van der Waals surface area contributed by atoms with Crippen LogP contribution < -0.4 is 4.90 Å². The second-order valence-electron chi connectivity index (χ2n) is 12.3. The number of para-hydroxylation sites is 2. The SMILES string of the molecule is c1ccc(-n2c3ccccc3c3c4ccc5c(-c6ccc(N(c7ccccn7)c7ccccn7)cc6)ccc6ccc(cc32)c4c65)cc1. The number of hydrogen-bond acceptors (Lipinski definition) is 3. The van der Waals surface area contributed by atoms with Crippen molar-refractivity contribution in [2.75, 3.05) is 4.90 Å². The number of anilines is 3. The van der Waals surface area contributed by atoms with E-state index in [0.29, 0.717) is 0 Å². The molecule has 224 valence electrons. The van der Waals surface area contributed by atoms with E-state index in [1.54, 1.807) is 0 Å². The first-order chi connectivity index (χ1) is 23.8. The standard InChI is InChI=1S/C44H28N4/c1-2-10-32(11-3-1)47-38-13-5-4-12-36(38)44-37-25-24-35-34(23-20-30-16-17-31(28-39(44)47)43(37)42(30)35)29-18-21-33(22-19-29)48(40-14-6-8-26-45-40)41-15-7-9-27-46-41/h1-28H. The third-order valence-corrected chi connectivity index (χ3v) is 9.63. The van der Waals surface area contributed by atoms with Crippen LogP contribution in [0, 0.1) is 0 Å². The van der Waals surface area contributed by atoms with E-state index in [1.165, 1.54) is 70.9 Å². The van der Waals surface area contributed by atoms with Crippen molar-refractivity contribution in [3.8, 4) is 16.8 Å². The molecule has 10 rings (SSSR count). The highest BCUT2D eigenvalue weighted by molar-refractivity contribution is 6.34. The van der Waals surface area contributed by atoms with E-state index in [1.807, 2.05) is 48.8 Å². The van der Waals surface area contributed by atoms with Gasteiger partial charge in [-0.25, -0.2) is 9.97 Å². The van der Waals surface area contributed by atoms with Crippen LogP contribution in [0.1, 0.15) is 0 Å². The van der Waals surface area contributed by atoms with Gasteiger partial charge in [-0.2, -0.15) is 0 Å². The molecular weight excluding hydrogens is 585 g/mol. The molecule has 0 fully saturated rings. The Labute approximate surface area is 277 Å². The van der Waals surface area contributed by atoms with Crippen LogP contribution in [-0.4, -0.2) is 14.5 Å². The molecule has 48 heavy (non-hydrogen) atoms. The van der Waals surface area contributed by atoms with Gasteiger partial charge >= 0.3 is 0 Å². The summed E-state index contributed by atoms with van der Waals surface area (Å²) in [7, 11) is 0. The summed E-state index contributed by atoms with van der Waals surface area (Å²) in [6, 6.07) is 56.3. The quantitative estimate of drug-likeness (QED) is 0.181. The van der Waals surface area contributed by atoms with Gasteiger partial charge in [-0.3, -0.25) is 4.90 Å². The van der Waals surface area contributed by atoms with E-state index in [4.69, 9.17) is 0 Å². The van der Waals surface area contributed by atoms with Crippen molar-refractivity contribution in [3.05, 3.63) is 170 Å². The predicted molar refractivity (Wildman–Crippen MR) is 200 cm³/mol. The summed E-state index contributed by atoms with van der Waals surface area (Å²) < 4.78 is 2.41. The summed E-state index contributed by atoms with van der Waals surface area (Å²) in [5, 5.41) is 10.3. The number of hydrogen-bond donors (Lipinski definition) is 0. The Morgan fingerprint density at radius 3 is 1.83 bits per heavy atom. The summed E-state index contributed by atoms with van der Waals surface area (Å²) in [6.07, 6.45) is 3.63. The molecule has 4 nitrogen and oxygen atoms in total.